The first-order chi connectivity index (χ1) is 10.9. The molecule has 136 valence electrons. The molecular weight excluding hydrogens is 334 g/mol. The van der Waals surface area contributed by atoms with Gasteiger partial charge >= 0.3 is 12.2 Å². The van der Waals surface area contributed by atoms with E-state index in [9.17, 15) is 9.59 Å². The van der Waals surface area contributed by atoms with Crippen LogP contribution in [0, 0.1) is 0 Å². The van der Waals surface area contributed by atoms with E-state index in [1.54, 1.807) is 54.8 Å². The summed E-state index contributed by atoms with van der Waals surface area (Å²) in [7, 11) is 1.56. The predicted octanol–water partition coefficient (Wildman–Crippen LogP) is 3.47. The molecule has 0 atom stereocenters. The highest BCUT2D eigenvalue weighted by Crippen LogP contribution is 2.24. The maximum Gasteiger partial charge on any atom is 0.436 e. The van der Waals surface area contributed by atoms with E-state index in [4.69, 9.17) is 14.2 Å². The van der Waals surface area contributed by atoms with Gasteiger partial charge in [0.25, 0.3) is 0 Å². The molecule has 0 unspecified atom stereocenters. The van der Waals surface area contributed by atoms with Gasteiger partial charge in [0.2, 0.25) is 5.13 Å². The van der Waals surface area contributed by atoms with Gasteiger partial charge in [0.05, 0.1) is 11.5 Å². The highest BCUT2D eigenvalue weighted by molar-refractivity contribution is 7.15. The zero-order valence-electron chi connectivity index (χ0n) is 15.1. The maximum atomic E-state index is 12.4. The van der Waals surface area contributed by atoms with Crippen LogP contribution in [-0.4, -0.2) is 35.5 Å². The molecule has 0 radical (unpaired) electrons. The number of rotatable bonds is 3. The van der Waals surface area contributed by atoms with Gasteiger partial charge in [0.1, 0.15) is 11.2 Å². The molecule has 1 aromatic heterocycles. The van der Waals surface area contributed by atoms with E-state index in [-0.39, 0.29) is 5.13 Å². The Hall–Kier alpha value is -1.87. The maximum absolute atomic E-state index is 12.4. The van der Waals surface area contributed by atoms with Crippen LogP contribution in [0.2, 0.25) is 0 Å². The molecule has 0 saturated heterocycles. The number of carbonyl (C=O) groups excluding carboxylic acids is 2. The summed E-state index contributed by atoms with van der Waals surface area (Å²) < 4.78 is 15.5. The van der Waals surface area contributed by atoms with Gasteiger partial charge in [-0.1, -0.05) is 11.3 Å². The average molecular weight is 359 g/mol. The smallest absolute Gasteiger partial charge is 0.436 e. The van der Waals surface area contributed by atoms with E-state index < -0.39 is 23.4 Å². The van der Waals surface area contributed by atoms with Gasteiger partial charge in [-0.05, 0) is 41.5 Å². The molecule has 0 fully saturated rings. The Morgan fingerprint density at radius 1 is 1.17 bits per heavy atom. The Bertz CT molecular complexity index is 574. The van der Waals surface area contributed by atoms with Crippen LogP contribution in [0.5, 0.6) is 0 Å². The van der Waals surface area contributed by atoms with Gasteiger partial charge in [-0.2, -0.15) is 5.01 Å². The van der Waals surface area contributed by atoms with Crippen molar-refractivity contribution in [1.82, 2.24) is 10.4 Å². The molecule has 1 heterocycles. The van der Waals surface area contributed by atoms with Crippen LogP contribution < -0.4 is 10.4 Å². The Labute approximate surface area is 146 Å². The van der Waals surface area contributed by atoms with E-state index in [1.807, 2.05) is 0 Å². The van der Waals surface area contributed by atoms with Gasteiger partial charge in [-0.15, -0.1) is 0 Å². The number of nitrogens with one attached hydrogen (secondary N) is 1. The molecule has 1 aromatic rings. The van der Waals surface area contributed by atoms with Crippen LogP contribution in [0.15, 0.2) is 6.20 Å². The van der Waals surface area contributed by atoms with Gasteiger partial charge in [-0.3, -0.25) is 0 Å². The summed E-state index contributed by atoms with van der Waals surface area (Å²) in [6.45, 7) is 10.7. The zero-order chi connectivity index (χ0) is 18.5. The van der Waals surface area contributed by atoms with Crippen molar-refractivity contribution in [2.24, 2.45) is 0 Å². The largest absolute Gasteiger partial charge is 0.443 e. The quantitative estimate of drug-likeness (QED) is 0.831. The van der Waals surface area contributed by atoms with E-state index in [0.717, 1.165) is 9.89 Å². The molecular formula is C15H25N3O5S. The fourth-order valence-electron chi connectivity index (χ4n) is 1.48. The molecule has 0 bridgehead atoms. The Kier molecular flexibility index (Phi) is 6.56. The molecule has 0 saturated carbocycles. The van der Waals surface area contributed by atoms with Crippen LogP contribution >= 0.6 is 11.3 Å². The normalized spacial score (nSPS) is 11.8. The number of hydrogen-bond donors (Lipinski definition) is 1. The summed E-state index contributed by atoms with van der Waals surface area (Å²) in [5.74, 6) is 0. The molecule has 1 rings (SSSR count). The first kappa shape index (κ1) is 20.2. The summed E-state index contributed by atoms with van der Waals surface area (Å²) in [6.07, 6.45) is 0.0287. The minimum absolute atomic E-state index is 0.252. The van der Waals surface area contributed by atoms with Crippen LogP contribution in [0.3, 0.4) is 0 Å². The molecule has 24 heavy (non-hydrogen) atoms. The Morgan fingerprint density at radius 2 is 1.75 bits per heavy atom. The standard InChI is InChI=1S/C15H25N3O5S/c1-14(2,3)22-12(19)17-18(13(20)23-15(4,5)6)11-16-8-10(24-11)9-21-7/h8H,9H2,1-7H3,(H,17,19). The summed E-state index contributed by atoms with van der Waals surface area (Å²) in [5, 5.41) is 1.19. The van der Waals surface area contributed by atoms with E-state index in [2.05, 4.69) is 10.4 Å². The van der Waals surface area contributed by atoms with E-state index in [1.165, 1.54) is 11.3 Å². The topological polar surface area (TPSA) is 90.0 Å². The number of hydrogen-bond acceptors (Lipinski definition) is 7. The lowest BCUT2D eigenvalue weighted by Crippen LogP contribution is -2.50. The minimum Gasteiger partial charge on any atom is -0.443 e. The summed E-state index contributed by atoms with van der Waals surface area (Å²) in [4.78, 5) is 29.3. The summed E-state index contributed by atoms with van der Waals surface area (Å²) >= 11 is 1.20. The molecule has 0 aliphatic heterocycles. The second-order valence-corrected chi connectivity index (χ2v) is 8.07. The van der Waals surface area contributed by atoms with Gasteiger partial charge < -0.3 is 14.2 Å². The highest BCUT2D eigenvalue weighted by atomic mass is 32.1. The van der Waals surface area contributed by atoms with Gasteiger partial charge in [0, 0.05) is 13.3 Å². The number of anilines is 1. The van der Waals surface area contributed by atoms with Crippen LogP contribution in [0.4, 0.5) is 14.7 Å². The van der Waals surface area contributed by atoms with Crippen molar-refractivity contribution in [3.63, 3.8) is 0 Å². The lowest BCUT2D eigenvalue weighted by atomic mass is 10.2. The lowest BCUT2D eigenvalue weighted by Gasteiger charge is -2.27. The summed E-state index contributed by atoms with van der Waals surface area (Å²) in [6, 6.07) is 0. The minimum atomic E-state index is -0.781. The second-order valence-electron chi connectivity index (χ2n) is 6.97. The predicted molar refractivity (Wildman–Crippen MR) is 90.9 cm³/mol. The number of hydrazine groups is 1. The third-order valence-electron chi connectivity index (χ3n) is 2.20. The summed E-state index contributed by atoms with van der Waals surface area (Å²) in [5.41, 5.74) is 0.947. The highest BCUT2D eigenvalue weighted by Gasteiger charge is 2.29. The molecule has 0 aliphatic rings. The van der Waals surface area contributed by atoms with Crippen LogP contribution in [0.25, 0.3) is 0 Å². The van der Waals surface area contributed by atoms with Crippen molar-refractivity contribution in [2.75, 3.05) is 12.1 Å². The Morgan fingerprint density at radius 3 is 2.25 bits per heavy atom. The monoisotopic (exact) mass is 359 g/mol. The van der Waals surface area contributed by atoms with Crippen LogP contribution in [0.1, 0.15) is 46.4 Å². The molecule has 0 spiro atoms. The van der Waals surface area contributed by atoms with Crippen molar-refractivity contribution >= 4 is 28.7 Å². The number of amides is 2. The van der Waals surface area contributed by atoms with Crippen molar-refractivity contribution in [2.45, 2.75) is 59.4 Å². The number of carbonyl (C=O) groups is 2. The van der Waals surface area contributed by atoms with Gasteiger partial charge in [0.15, 0.2) is 0 Å². The van der Waals surface area contributed by atoms with Crippen LogP contribution in [-0.2, 0) is 20.8 Å². The number of thiazole rings is 1. The Balaban J connectivity index is 2.97. The van der Waals surface area contributed by atoms with Crippen molar-refractivity contribution < 1.29 is 23.8 Å². The average Bonchev–Trinajstić information content (AvgIpc) is 2.80. The fraction of sp³-hybridized carbons (Fsp3) is 0.667. The number of nitrogens with zero attached hydrogens (tertiary/aromatic N) is 2. The molecule has 0 aliphatic carbocycles. The molecule has 8 nitrogen and oxygen atoms in total. The second kappa shape index (κ2) is 7.80. The molecule has 0 aromatic carbocycles. The number of methoxy groups -OCH3 is 1. The van der Waals surface area contributed by atoms with Crippen molar-refractivity contribution in [3.8, 4) is 0 Å². The first-order valence-electron chi connectivity index (χ1n) is 7.37. The third kappa shape index (κ3) is 7.14. The van der Waals surface area contributed by atoms with Gasteiger partial charge in [-0.25, -0.2) is 20.0 Å². The SMILES string of the molecule is COCc1cnc(N(NC(=O)OC(C)(C)C)C(=O)OC(C)(C)C)s1. The van der Waals surface area contributed by atoms with E-state index in [0.29, 0.717) is 6.61 Å². The zero-order valence-corrected chi connectivity index (χ0v) is 15.9. The third-order valence-corrected chi connectivity index (χ3v) is 3.15. The molecule has 9 heteroatoms. The number of ether oxygens (including phenoxy) is 3. The first-order valence-corrected chi connectivity index (χ1v) is 8.19. The van der Waals surface area contributed by atoms with Crippen molar-refractivity contribution in [3.05, 3.63) is 11.1 Å². The van der Waals surface area contributed by atoms with Crippen molar-refractivity contribution in [1.29, 1.82) is 0 Å². The molecule has 2 amide bonds. The molecule has 1 N–H and O–H groups in total. The fourth-order valence-corrected chi connectivity index (χ4v) is 2.31. The van der Waals surface area contributed by atoms with E-state index >= 15 is 0 Å². The lowest BCUT2D eigenvalue weighted by molar-refractivity contribution is 0.0425. The number of aromatic nitrogens is 1.